The Hall–Kier alpha value is -1.47. The SMILES string of the molecule is Cn1cnnc1CCC(=O)N1CCN(CC2CC2)[C@H](CCO)C1. The summed E-state index contributed by atoms with van der Waals surface area (Å²) < 4.78 is 1.86. The number of rotatable bonds is 7. The fourth-order valence-electron chi connectivity index (χ4n) is 3.33. The first-order valence-corrected chi connectivity index (χ1v) is 8.63. The van der Waals surface area contributed by atoms with Crippen molar-refractivity contribution in [1.29, 1.82) is 0 Å². The van der Waals surface area contributed by atoms with Gasteiger partial charge in [0.1, 0.15) is 12.2 Å². The highest BCUT2D eigenvalue weighted by Gasteiger charge is 2.33. The average molecular weight is 321 g/mol. The van der Waals surface area contributed by atoms with Crippen molar-refractivity contribution >= 4 is 5.91 Å². The largest absolute Gasteiger partial charge is 0.396 e. The van der Waals surface area contributed by atoms with Gasteiger partial charge in [-0.2, -0.15) is 0 Å². The second kappa shape index (κ2) is 7.40. The lowest BCUT2D eigenvalue weighted by molar-refractivity contribution is -0.134. The Morgan fingerprint density at radius 1 is 1.39 bits per heavy atom. The summed E-state index contributed by atoms with van der Waals surface area (Å²) in [4.78, 5) is 16.9. The molecule has 1 saturated carbocycles. The molecule has 2 heterocycles. The third kappa shape index (κ3) is 4.29. The molecule has 23 heavy (non-hydrogen) atoms. The van der Waals surface area contributed by atoms with Gasteiger partial charge < -0.3 is 14.6 Å². The predicted molar refractivity (Wildman–Crippen MR) is 85.7 cm³/mol. The third-order valence-corrected chi connectivity index (χ3v) is 4.98. The molecule has 128 valence electrons. The van der Waals surface area contributed by atoms with E-state index in [-0.39, 0.29) is 12.5 Å². The molecule has 0 aromatic carbocycles. The van der Waals surface area contributed by atoms with Crippen molar-refractivity contribution in [1.82, 2.24) is 24.6 Å². The van der Waals surface area contributed by atoms with Crippen LogP contribution >= 0.6 is 0 Å². The van der Waals surface area contributed by atoms with Gasteiger partial charge in [-0.25, -0.2) is 0 Å². The zero-order chi connectivity index (χ0) is 16.2. The quantitative estimate of drug-likeness (QED) is 0.768. The summed E-state index contributed by atoms with van der Waals surface area (Å²) in [7, 11) is 1.90. The van der Waals surface area contributed by atoms with Crippen molar-refractivity contribution in [2.45, 2.75) is 38.1 Å². The van der Waals surface area contributed by atoms with Crippen LogP contribution in [0.2, 0.25) is 0 Å². The van der Waals surface area contributed by atoms with E-state index in [1.807, 2.05) is 16.5 Å². The number of aliphatic hydroxyl groups excluding tert-OH is 1. The molecule has 1 amide bonds. The van der Waals surface area contributed by atoms with Gasteiger partial charge in [-0.1, -0.05) is 0 Å². The summed E-state index contributed by atoms with van der Waals surface area (Å²) in [6.07, 6.45) is 6.18. The van der Waals surface area contributed by atoms with Gasteiger partial charge in [0, 0.05) is 58.7 Å². The first-order valence-electron chi connectivity index (χ1n) is 8.63. The van der Waals surface area contributed by atoms with Crippen LogP contribution in [0, 0.1) is 5.92 Å². The van der Waals surface area contributed by atoms with Gasteiger partial charge in [0.25, 0.3) is 0 Å². The van der Waals surface area contributed by atoms with E-state index in [4.69, 9.17) is 0 Å². The molecule has 7 nitrogen and oxygen atoms in total. The van der Waals surface area contributed by atoms with E-state index in [0.717, 1.165) is 44.3 Å². The Morgan fingerprint density at radius 2 is 2.22 bits per heavy atom. The topological polar surface area (TPSA) is 74.5 Å². The molecule has 2 aliphatic rings. The van der Waals surface area contributed by atoms with E-state index in [9.17, 15) is 9.90 Å². The van der Waals surface area contributed by atoms with Gasteiger partial charge in [0.15, 0.2) is 0 Å². The highest BCUT2D eigenvalue weighted by Crippen LogP contribution is 2.31. The fraction of sp³-hybridized carbons (Fsp3) is 0.812. The molecular weight excluding hydrogens is 294 g/mol. The predicted octanol–water partition coefficient (Wildman–Crippen LogP) is 0.0529. The van der Waals surface area contributed by atoms with E-state index < -0.39 is 0 Å². The summed E-state index contributed by atoms with van der Waals surface area (Å²) in [5, 5.41) is 17.2. The number of aryl methyl sites for hydroxylation is 2. The lowest BCUT2D eigenvalue weighted by Gasteiger charge is -2.41. The highest BCUT2D eigenvalue weighted by molar-refractivity contribution is 5.76. The van der Waals surface area contributed by atoms with Crippen molar-refractivity contribution in [2.75, 3.05) is 32.8 Å². The summed E-state index contributed by atoms with van der Waals surface area (Å²) >= 11 is 0. The Bertz CT molecular complexity index is 528. The highest BCUT2D eigenvalue weighted by atomic mass is 16.3. The third-order valence-electron chi connectivity index (χ3n) is 4.98. The monoisotopic (exact) mass is 321 g/mol. The number of carbonyl (C=O) groups excluding carboxylic acids is 1. The number of aromatic nitrogens is 3. The lowest BCUT2D eigenvalue weighted by Crippen LogP contribution is -2.55. The molecular formula is C16H27N5O2. The molecule has 1 aromatic heterocycles. The van der Waals surface area contributed by atoms with Crippen molar-refractivity contribution in [3.8, 4) is 0 Å². The van der Waals surface area contributed by atoms with Gasteiger partial charge in [-0.05, 0) is 25.2 Å². The van der Waals surface area contributed by atoms with Crippen LogP contribution in [0.1, 0.15) is 31.5 Å². The fourth-order valence-corrected chi connectivity index (χ4v) is 3.33. The maximum absolute atomic E-state index is 12.5. The normalized spacial score (nSPS) is 22.5. The van der Waals surface area contributed by atoms with E-state index in [1.54, 1.807) is 6.33 Å². The van der Waals surface area contributed by atoms with E-state index in [1.165, 1.54) is 12.8 Å². The summed E-state index contributed by atoms with van der Waals surface area (Å²) in [6.45, 7) is 3.78. The first-order chi connectivity index (χ1) is 11.2. The maximum atomic E-state index is 12.5. The second-order valence-electron chi connectivity index (χ2n) is 6.80. The van der Waals surface area contributed by atoms with Crippen molar-refractivity contribution in [3.63, 3.8) is 0 Å². The number of hydrogen-bond donors (Lipinski definition) is 1. The van der Waals surface area contributed by atoms with Crippen LogP contribution in [0.3, 0.4) is 0 Å². The van der Waals surface area contributed by atoms with Gasteiger partial charge >= 0.3 is 0 Å². The molecule has 7 heteroatoms. The molecule has 1 atom stereocenters. The summed E-state index contributed by atoms with van der Waals surface area (Å²) in [5.74, 6) is 1.87. The van der Waals surface area contributed by atoms with Crippen LogP contribution in [0.4, 0.5) is 0 Å². The molecule has 2 fully saturated rings. The molecule has 3 rings (SSSR count). The average Bonchev–Trinajstić information content (AvgIpc) is 3.27. The Kier molecular flexibility index (Phi) is 5.27. The number of hydrogen-bond acceptors (Lipinski definition) is 5. The molecule has 0 radical (unpaired) electrons. The molecule has 0 bridgehead atoms. The smallest absolute Gasteiger partial charge is 0.223 e. The van der Waals surface area contributed by atoms with Crippen LogP contribution in [-0.4, -0.2) is 74.4 Å². The first kappa shape index (κ1) is 16.4. The molecule has 0 unspecified atom stereocenters. The van der Waals surface area contributed by atoms with Gasteiger partial charge in [-0.3, -0.25) is 9.69 Å². The minimum absolute atomic E-state index is 0.182. The van der Waals surface area contributed by atoms with Crippen LogP contribution in [0.25, 0.3) is 0 Å². The number of nitrogens with zero attached hydrogens (tertiary/aromatic N) is 5. The standard InChI is InChI=1S/C16H27N5O2/c1-19-12-17-18-15(19)4-5-16(23)21-8-7-20(10-13-2-3-13)14(11-21)6-9-22/h12-14,22H,2-11H2,1H3/t14-/m1/s1. The number of aliphatic hydroxyl groups is 1. The minimum Gasteiger partial charge on any atom is -0.396 e. The van der Waals surface area contributed by atoms with Gasteiger partial charge in [0.2, 0.25) is 5.91 Å². The molecule has 1 aromatic rings. The molecule has 1 saturated heterocycles. The van der Waals surface area contributed by atoms with E-state index >= 15 is 0 Å². The van der Waals surface area contributed by atoms with Crippen LogP contribution in [0.15, 0.2) is 6.33 Å². The summed E-state index contributed by atoms with van der Waals surface area (Å²) in [6, 6.07) is 0.299. The van der Waals surface area contributed by atoms with Crippen molar-refractivity contribution in [2.24, 2.45) is 13.0 Å². The number of amides is 1. The van der Waals surface area contributed by atoms with Crippen molar-refractivity contribution < 1.29 is 9.90 Å². The number of carbonyl (C=O) groups is 1. The minimum atomic E-state index is 0.182. The maximum Gasteiger partial charge on any atom is 0.223 e. The van der Waals surface area contributed by atoms with Crippen LogP contribution < -0.4 is 0 Å². The Balaban J connectivity index is 1.51. The van der Waals surface area contributed by atoms with E-state index in [0.29, 0.717) is 18.9 Å². The molecule has 1 N–H and O–H groups in total. The lowest BCUT2D eigenvalue weighted by atomic mass is 10.1. The second-order valence-corrected chi connectivity index (χ2v) is 6.80. The molecule has 1 aliphatic heterocycles. The zero-order valence-corrected chi connectivity index (χ0v) is 13.9. The van der Waals surface area contributed by atoms with E-state index in [2.05, 4.69) is 15.1 Å². The Morgan fingerprint density at radius 3 is 2.87 bits per heavy atom. The van der Waals surface area contributed by atoms with Gasteiger partial charge in [0.05, 0.1) is 0 Å². The molecule has 1 aliphatic carbocycles. The van der Waals surface area contributed by atoms with Crippen molar-refractivity contribution in [3.05, 3.63) is 12.2 Å². The number of piperazine rings is 1. The zero-order valence-electron chi connectivity index (χ0n) is 13.9. The van der Waals surface area contributed by atoms with Crippen LogP contribution in [0.5, 0.6) is 0 Å². The van der Waals surface area contributed by atoms with Gasteiger partial charge in [-0.15, -0.1) is 10.2 Å². The summed E-state index contributed by atoms with van der Waals surface area (Å²) in [5.41, 5.74) is 0. The molecule has 0 spiro atoms. The Labute approximate surface area is 137 Å². The van der Waals surface area contributed by atoms with Crippen LogP contribution in [-0.2, 0) is 18.3 Å².